The largest absolute Gasteiger partial charge is 0.374 e. The molecule has 0 bridgehead atoms. The van der Waals surface area contributed by atoms with E-state index in [4.69, 9.17) is 0 Å². The molecule has 1 aliphatic carbocycles. The molecule has 0 saturated carbocycles. The van der Waals surface area contributed by atoms with Crippen molar-refractivity contribution in [2.45, 2.75) is 45.4 Å². The van der Waals surface area contributed by atoms with Crippen LogP contribution in [0.2, 0.25) is 0 Å². The molecule has 4 heterocycles. The highest BCUT2D eigenvalue weighted by Gasteiger charge is 2.48. The number of fused-ring (bicyclic) bond motifs is 15. The van der Waals surface area contributed by atoms with Crippen LogP contribution in [0.15, 0.2) is 158 Å². The molecular weight excluding hydrogens is 731 g/mol. The molecule has 3 aliphatic rings. The smallest absolute Gasteiger partial charge is 0.333 e. The summed E-state index contributed by atoms with van der Waals surface area (Å²) in [6.45, 7) is 11.8. The number of para-hydroxylation sites is 1. The van der Waals surface area contributed by atoms with Gasteiger partial charge in [0.15, 0.2) is 0 Å². The van der Waals surface area contributed by atoms with Gasteiger partial charge < -0.3 is 9.38 Å². The van der Waals surface area contributed by atoms with Gasteiger partial charge in [-0.25, -0.2) is 0 Å². The minimum Gasteiger partial charge on any atom is -0.374 e. The van der Waals surface area contributed by atoms with Gasteiger partial charge in [-0.15, -0.1) is 11.3 Å². The second-order valence-electron chi connectivity index (χ2n) is 18.4. The van der Waals surface area contributed by atoms with E-state index in [1.54, 1.807) is 0 Å². The predicted molar refractivity (Wildman–Crippen MR) is 255 cm³/mol. The highest BCUT2D eigenvalue weighted by atomic mass is 32.1. The fraction of sp³-hybridized carbons (Fsp3) is 0.127. The van der Waals surface area contributed by atoms with Crippen LogP contribution in [0.3, 0.4) is 0 Å². The zero-order valence-corrected chi connectivity index (χ0v) is 34.7. The molecule has 0 saturated heterocycles. The summed E-state index contributed by atoms with van der Waals surface area (Å²) >= 11 is 1.94. The molecule has 0 atom stereocenters. The van der Waals surface area contributed by atoms with Gasteiger partial charge in [-0.2, -0.15) is 0 Å². The van der Waals surface area contributed by atoms with Gasteiger partial charge in [0.25, 0.3) is 0 Å². The first kappa shape index (κ1) is 33.6. The molecule has 0 spiro atoms. The number of thiophene rings is 1. The lowest BCUT2D eigenvalue weighted by Gasteiger charge is -2.43. The van der Waals surface area contributed by atoms with E-state index in [-0.39, 0.29) is 17.7 Å². The maximum absolute atomic E-state index is 2.76. The summed E-state index contributed by atoms with van der Waals surface area (Å²) < 4.78 is 5.48. The van der Waals surface area contributed by atoms with Crippen molar-refractivity contribution >= 4 is 88.2 Å². The van der Waals surface area contributed by atoms with Gasteiger partial charge in [0.05, 0.1) is 21.6 Å². The summed E-state index contributed by atoms with van der Waals surface area (Å²) in [7, 11) is 0. The lowest BCUT2D eigenvalue weighted by Crippen LogP contribution is -2.57. The second kappa shape index (κ2) is 11.4. The van der Waals surface area contributed by atoms with Crippen molar-refractivity contribution < 1.29 is 0 Å². The number of aromatic nitrogens is 1. The van der Waals surface area contributed by atoms with Crippen molar-refractivity contribution in [2.24, 2.45) is 0 Å². The monoisotopic (exact) mass is 772 g/mol. The Balaban J connectivity index is 1.26. The SMILES string of the molecule is CC(C)(C)c1ccc(N2c3cc4ccccc4c4c3B(c3ccc5c(c32)-c2ccccc2C5(C)C)n2c3c-4cccc3c3sc4ccccc4c32)c(-c2ccccc2)c1. The van der Waals surface area contributed by atoms with Crippen LogP contribution in [0.5, 0.6) is 0 Å². The zero-order chi connectivity index (χ0) is 39.5. The maximum atomic E-state index is 2.76. The first-order chi connectivity index (χ1) is 28.7. The Hall–Kier alpha value is -6.36. The first-order valence-electron chi connectivity index (χ1n) is 21.0. The third-order valence-corrected chi connectivity index (χ3v) is 15.1. The summed E-state index contributed by atoms with van der Waals surface area (Å²) in [5.41, 5.74) is 21.0. The normalized spacial score (nSPS) is 14.6. The van der Waals surface area contributed by atoms with E-state index in [0.29, 0.717) is 0 Å². The van der Waals surface area contributed by atoms with Crippen molar-refractivity contribution in [2.75, 3.05) is 4.90 Å². The van der Waals surface area contributed by atoms with Crippen LogP contribution in [0.1, 0.15) is 51.3 Å². The number of anilines is 3. The van der Waals surface area contributed by atoms with Crippen LogP contribution < -0.4 is 15.8 Å². The van der Waals surface area contributed by atoms with Crippen LogP contribution in [0.4, 0.5) is 17.1 Å². The fourth-order valence-corrected chi connectivity index (χ4v) is 12.4. The molecule has 8 aromatic carbocycles. The Labute approximate surface area is 349 Å². The van der Waals surface area contributed by atoms with Gasteiger partial charge in [-0.1, -0.05) is 168 Å². The highest BCUT2D eigenvalue weighted by Crippen LogP contribution is 2.57. The van der Waals surface area contributed by atoms with Crippen LogP contribution >= 0.6 is 11.3 Å². The molecule has 2 nitrogen and oxygen atoms in total. The van der Waals surface area contributed by atoms with Gasteiger partial charge in [-0.05, 0) is 84.8 Å². The second-order valence-corrected chi connectivity index (χ2v) is 19.5. The molecule has 13 rings (SSSR count). The number of nitrogens with zero attached hydrogens (tertiary/aromatic N) is 2. The fourth-order valence-electron chi connectivity index (χ4n) is 11.2. The molecule has 0 N–H and O–H groups in total. The molecule has 10 aromatic rings. The lowest BCUT2D eigenvalue weighted by molar-refractivity contribution is 0.590. The molecule has 4 heteroatoms. The molecular formula is C55H41BN2S. The summed E-state index contributed by atoms with van der Waals surface area (Å²) in [4.78, 5) is 2.69. The first-order valence-corrected chi connectivity index (χ1v) is 21.8. The zero-order valence-electron chi connectivity index (χ0n) is 33.9. The van der Waals surface area contributed by atoms with Crippen LogP contribution in [0, 0.1) is 0 Å². The highest BCUT2D eigenvalue weighted by molar-refractivity contribution is 7.27. The summed E-state index contributed by atoms with van der Waals surface area (Å²) in [5, 5.41) is 5.26. The van der Waals surface area contributed by atoms with Gasteiger partial charge in [0.1, 0.15) is 0 Å². The molecule has 0 radical (unpaired) electrons. The summed E-state index contributed by atoms with van der Waals surface area (Å²) in [6.07, 6.45) is 0. The predicted octanol–water partition coefficient (Wildman–Crippen LogP) is 13.9. The van der Waals surface area contributed by atoms with E-state index in [9.17, 15) is 0 Å². The molecule has 2 aliphatic heterocycles. The quantitative estimate of drug-likeness (QED) is 0.159. The van der Waals surface area contributed by atoms with Gasteiger partial charge in [0, 0.05) is 48.8 Å². The van der Waals surface area contributed by atoms with E-state index in [1.165, 1.54) is 120 Å². The number of hydrogen-bond acceptors (Lipinski definition) is 2. The Bertz CT molecular complexity index is 3470. The molecule has 2 aromatic heterocycles. The third kappa shape index (κ3) is 4.27. The Morgan fingerprint density at radius 3 is 2.14 bits per heavy atom. The van der Waals surface area contributed by atoms with E-state index in [1.807, 2.05) is 11.3 Å². The average molecular weight is 773 g/mol. The molecule has 0 amide bonds. The van der Waals surface area contributed by atoms with E-state index >= 15 is 0 Å². The third-order valence-electron chi connectivity index (χ3n) is 13.9. The van der Waals surface area contributed by atoms with Crippen molar-refractivity contribution in [1.82, 2.24) is 4.48 Å². The Morgan fingerprint density at radius 1 is 0.559 bits per heavy atom. The van der Waals surface area contributed by atoms with Crippen molar-refractivity contribution in [3.05, 3.63) is 174 Å². The number of hydrogen-bond donors (Lipinski definition) is 0. The van der Waals surface area contributed by atoms with Gasteiger partial charge in [0.2, 0.25) is 0 Å². The average Bonchev–Trinajstić information content (AvgIpc) is 3.87. The Kier molecular flexibility index (Phi) is 6.51. The Morgan fingerprint density at radius 2 is 1.29 bits per heavy atom. The molecule has 280 valence electrons. The van der Waals surface area contributed by atoms with E-state index in [0.717, 1.165) is 0 Å². The minimum absolute atomic E-state index is 0.0164. The standard InChI is InChI=1S/C55H41BN2S/c1-54(2,3)34-26-29-44(40(31-34)32-16-7-6-8-17-32)57-45-30-33-18-9-10-19-35(33)47-38-22-15-23-39-50(38)58(51-37-21-12-14-25-46(37)59-53(39)51)56(49(45)47)43-28-27-42-48(52(43)57)36-20-11-13-24-41(36)55(42,4)5/h6-31H,1-5H3. The van der Waals surface area contributed by atoms with Crippen LogP contribution in [-0.4, -0.2) is 11.3 Å². The summed E-state index contributed by atoms with van der Waals surface area (Å²) in [6, 6.07) is 60.2. The maximum Gasteiger partial charge on any atom is 0.333 e. The van der Waals surface area contributed by atoms with Crippen LogP contribution in [-0.2, 0) is 10.8 Å². The summed E-state index contributed by atoms with van der Waals surface area (Å²) in [5.74, 6) is 0. The van der Waals surface area contributed by atoms with Gasteiger partial charge >= 0.3 is 6.85 Å². The molecule has 0 unspecified atom stereocenters. The topological polar surface area (TPSA) is 8.17 Å². The number of benzene rings is 8. The van der Waals surface area contributed by atoms with Crippen molar-refractivity contribution in [3.63, 3.8) is 0 Å². The number of rotatable bonds is 2. The lowest BCUT2D eigenvalue weighted by atomic mass is 9.44. The van der Waals surface area contributed by atoms with Crippen molar-refractivity contribution in [3.8, 4) is 33.4 Å². The van der Waals surface area contributed by atoms with Crippen LogP contribution in [0.25, 0.3) is 75.4 Å². The molecule has 59 heavy (non-hydrogen) atoms. The van der Waals surface area contributed by atoms with E-state index < -0.39 is 0 Å². The van der Waals surface area contributed by atoms with Gasteiger partial charge in [-0.3, -0.25) is 0 Å². The van der Waals surface area contributed by atoms with E-state index in [2.05, 4.69) is 202 Å². The van der Waals surface area contributed by atoms with Crippen molar-refractivity contribution in [1.29, 1.82) is 0 Å². The minimum atomic E-state index is -0.156. The molecule has 0 fully saturated rings.